The molecule has 0 aliphatic carbocycles. The van der Waals surface area contributed by atoms with E-state index in [-0.39, 0.29) is 0 Å². The highest BCUT2D eigenvalue weighted by Crippen LogP contribution is 2.56. The molecule has 1 aliphatic rings. The number of rotatable bonds is 6. The summed E-state index contributed by atoms with van der Waals surface area (Å²) in [5, 5.41) is 1.31. The van der Waals surface area contributed by atoms with E-state index in [1.54, 1.807) is 11.8 Å². The Morgan fingerprint density at radius 3 is 1.91 bits per heavy atom. The Kier molecular flexibility index (Phi) is 5.90. The van der Waals surface area contributed by atoms with Crippen LogP contribution >= 0.6 is 7.29 Å². The molecule has 0 bridgehead atoms. The summed E-state index contributed by atoms with van der Waals surface area (Å²) in [6.07, 6.45) is 1.53. The third-order valence-corrected chi connectivity index (χ3v) is 9.07. The summed E-state index contributed by atoms with van der Waals surface area (Å²) in [6, 6.07) is 25.1. The molecule has 7 heteroatoms. The molecule has 3 aromatic rings. The van der Waals surface area contributed by atoms with Gasteiger partial charge in [0, 0.05) is 10.6 Å². The van der Waals surface area contributed by atoms with Gasteiger partial charge in [-0.15, -0.1) is 0 Å². The van der Waals surface area contributed by atoms with Gasteiger partial charge in [0.1, 0.15) is 11.3 Å². The van der Waals surface area contributed by atoms with Crippen LogP contribution in [0.2, 0.25) is 0 Å². The highest BCUT2D eigenvalue weighted by atomic mass is 31.2. The molecule has 164 valence electrons. The summed E-state index contributed by atoms with van der Waals surface area (Å²) in [6.45, 7) is 1.88. The minimum atomic E-state index is -3.42. The normalized spacial score (nSPS) is 20.2. The van der Waals surface area contributed by atoms with Crippen LogP contribution in [0, 0.1) is 0 Å². The molecule has 32 heavy (non-hydrogen) atoms. The van der Waals surface area contributed by atoms with Gasteiger partial charge in [-0.25, -0.2) is 4.79 Å². The number of carbonyl (C=O) groups excluding carboxylic acids is 1. The first-order valence-corrected chi connectivity index (χ1v) is 11.9. The average Bonchev–Trinajstić information content (AvgIpc) is 3.22. The van der Waals surface area contributed by atoms with Crippen LogP contribution in [0.4, 0.5) is 0 Å². The van der Waals surface area contributed by atoms with Crippen molar-refractivity contribution in [3.05, 3.63) is 90.5 Å². The Bertz CT molecular complexity index is 1120. The molecule has 1 aliphatic heterocycles. The van der Waals surface area contributed by atoms with Crippen molar-refractivity contribution in [2.24, 2.45) is 4.99 Å². The van der Waals surface area contributed by atoms with E-state index in [2.05, 4.69) is 4.99 Å². The van der Waals surface area contributed by atoms with Gasteiger partial charge in [-0.3, -0.25) is 14.2 Å². The first-order chi connectivity index (χ1) is 15.5. The SMILES string of the molecule is COC(=O)[C@@H]1N=CN(P(=O)(c2ccccc2)c2ccccc2)[C@@]1(C)c1ccc(OC)cc1. The second-order valence-corrected chi connectivity index (χ2v) is 10.3. The number of aliphatic imine (C=N–C) groups is 1. The number of methoxy groups -OCH3 is 2. The van der Waals surface area contributed by atoms with Crippen molar-refractivity contribution in [1.29, 1.82) is 0 Å². The lowest BCUT2D eigenvalue weighted by molar-refractivity contribution is -0.144. The summed E-state index contributed by atoms with van der Waals surface area (Å²) in [5.41, 5.74) is -0.279. The molecule has 0 aromatic heterocycles. The van der Waals surface area contributed by atoms with Crippen molar-refractivity contribution in [3.63, 3.8) is 0 Å². The van der Waals surface area contributed by atoms with E-state index in [4.69, 9.17) is 9.47 Å². The second-order valence-electron chi connectivity index (χ2n) is 7.66. The summed E-state index contributed by atoms with van der Waals surface area (Å²) in [5.74, 6) is 0.196. The first kappa shape index (κ1) is 21.8. The molecule has 0 radical (unpaired) electrons. The van der Waals surface area contributed by atoms with Crippen molar-refractivity contribution < 1.29 is 18.8 Å². The van der Waals surface area contributed by atoms with Gasteiger partial charge in [-0.1, -0.05) is 48.5 Å². The monoisotopic (exact) mass is 448 g/mol. The largest absolute Gasteiger partial charge is 0.497 e. The molecule has 0 saturated carbocycles. The van der Waals surface area contributed by atoms with E-state index >= 15 is 4.57 Å². The van der Waals surface area contributed by atoms with Gasteiger partial charge in [-0.05, 0) is 48.9 Å². The van der Waals surface area contributed by atoms with Crippen molar-refractivity contribution >= 4 is 30.2 Å². The number of hydrogen-bond acceptors (Lipinski definition) is 5. The second kappa shape index (κ2) is 8.64. The number of hydrogen-bond donors (Lipinski definition) is 0. The fourth-order valence-electron chi connectivity index (χ4n) is 4.16. The maximum atomic E-state index is 15.0. The van der Waals surface area contributed by atoms with Gasteiger partial charge >= 0.3 is 5.97 Å². The molecule has 0 N–H and O–H groups in total. The lowest BCUT2D eigenvalue weighted by atomic mass is 9.85. The summed E-state index contributed by atoms with van der Waals surface area (Å²) in [7, 11) is -0.489. The van der Waals surface area contributed by atoms with Gasteiger partial charge in [0.05, 0.1) is 20.6 Å². The average molecular weight is 448 g/mol. The number of benzene rings is 3. The highest BCUT2D eigenvalue weighted by Gasteiger charge is 2.55. The van der Waals surface area contributed by atoms with Crippen molar-refractivity contribution in [1.82, 2.24) is 4.67 Å². The molecule has 1 heterocycles. The minimum absolute atomic E-state index is 0.491. The molecule has 0 spiro atoms. The third kappa shape index (κ3) is 3.41. The van der Waals surface area contributed by atoms with Crippen molar-refractivity contribution in [2.75, 3.05) is 14.2 Å². The van der Waals surface area contributed by atoms with Crippen LogP contribution in [0.5, 0.6) is 5.75 Å². The van der Waals surface area contributed by atoms with E-state index in [0.717, 1.165) is 5.56 Å². The lowest BCUT2D eigenvalue weighted by Crippen LogP contribution is -2.50. The van der Waals surface area contributed by atoms with Crippen LogP contribution in [0.3, 0.4) is 0 Å². The molecule has 0 fully saturated rings. The van der Waals surface area contributed by atoms with Gasteiger partial charge in [0.2, 0.25) is 7.29 Å². The number of esters is 1. The van der Waals surface area contributed by atoms with E-state index < -0.39 is 24.8 Å². The molecule has 4 rings (SSSR count). The Hall–Kier alpha value is -3.37. The Morgan fingerprint density at radius 2 is 1.44 bits per heavy atom. The van der Waals surface area contributed by atoms with E-state index in [0.29, 0.717) is 16.4 Å². The van der Waals surface area contributed by atoms with Gasteiger partial charge in [0.25, 0.3) is 0 Å². The molecule has 2 atom stereocenters. The number of carbonyl (C=O) groups is 1. The molecule has 0 unspecified atom stereocenters. The van der Waals surface area contributed by atoms with Crippen LogP contribution in [-0.4, -0.2) is 37.2 Å². The van der Waals surface area contributed by atoms with E-state index in [1.807, 2.05) is 91.9 Å². The zero-order chi connectivity index (χ0) is 22.8. The fourth-order valence-corrected chi connectivity index (χ4v) is 7.13. The molecule has 6 nitrogen and oxygen atoms in total. The maximum absolute atomic E-state index is 15.0. The fraction of sp³-hybridized carbons (Fsp3) is 0.200. The smallest absolute Gasteiger partial charge is 0.333 e. The Balaban J connectivity index is 1.96. The van der Waals surface area contributed by atoms with Crippen molar-refractivity contribution in [2.45, 2.75) is 18.5 Å². The van der Waals surface area contributed by atoms with Crippen molar-refractivity contribution in [3.8, 4) is 5.75 Å². The quantitative estimate of drug-likeness (QED) is 0.425. The standard InChI is InChI=1S/C25H25N2O4P/c1-25(19-14-16-20(30-2)17-15-19)23(24(28)31-3)26-18-27(25)32(29,21-10-6-4-7-11-21)22-12-8-5-9-13-22/h4-18,23H,1-3H3/t23-,25-/m0/s1. The minimum Gasteiger partial charge on any atom is -0.497 e. The number of nitrogens with zero attached hydrogens (tertiary/aromatic N) is 2. The summed E-state index contributed by atoms with van der Waals surface area (Å²) < 4.78 is 27.2. The molecule has 0 amide bonds. The maximum Gasteiger partial charge on any atom is 0.333 e. The summed E-state index contributed by atoms with van der Waals surface area (Å²) >= 11 is 0. The van der Waals surface area contributed by atoms with Crippen LogP contribution in [-0.2, 0) is 19.6 Å². The lowest BCUT2D eigenvalue weighted by Gasteiger charge is -2.43. The Labute approximate surface area is 187 Å². The molecule has 3 aromatic carbocycles. The zero-order valence-corrected chi connectivity index (χ0v) is 19.1. The molecule has 0 saturated heterocycles. The van der Waals surface area contributed by atoms with Crippen LogP contribution < -0.4 is 15.3 Å². The molecular weight excluding hydrogens is 423 g/mol. The highest BCUT2D eigenvalue weighted by molar-refractivity contribution is 7.77. The van der Waals surface area contributed by atoms with Gasteiger partial charge in [0.15, 0.2) is 6.04 Å². The zero-order valence-electron chi connectivity index (χ0n) is 18.2. The van der Waals surface area contributed by atoms with Crippen LogP contribution in [0.1, 0.15) is 12.5 Å². The van der Waals surface area contributed by atoms with E-state index in [1.165, 1.54) is 13.4 Å². The molecular formula is C25H25N2O4P. The first-order valence-electron chi connectivity index (χ1n) is 10.2. The third-order valence-electron chi connectivity index (χ3n) is 5.95. The topological polar surface area (TPSA) is 68.2 Å². The van der Waals surface area contributed by atoms with Gasteiger partial charge in [-0.2, -0.15) is 0 Å². The van der Waals surface area contributed by atoms with Crippen LogP contribution in [0.15, 0.2) is 89.9 Å². The summed E-state index contributed by atoms with van der Waals surface area (Å²) in [4.78, 5) is 17.3. The van der Waals surface area contributed by atoms with Crippen LogP contribution in [0.25, 0.3) is 0 Å². The predicted octanol–water partition coefficient (Wildman–Crippen LogP) is 3.73. The Morgan fingerprint density at radius 1 is 0.906 bits per heavy atom. The number of ether oxygens (including phenoxy) is 2. The van der Waals surface area contributed by atoms with Gasteiger partial charge < -0.3 is 9.47 Å². The predicted molar refractivity (Wildman–Crippen MR) is 126 cm³/mol. The van der Waals surface area contributed by atoms with E-state index in [9.17, 15) is 4.79 Å².